The van der Waals surface area contributed by atoms with Crippen LogP contribution in [0.5, 0.6) is 0 Å². The molecule has 4 bridgehead atoms. The summed E-state index contributed by atoms with van der Waals surface area (Å²) in [5, 5.41) is 0.137. The van der Waals surface area contributed by atoms with E-state index in [0.29, 0.717) is 0 Å². The Hall–Kier alpha value is -0.200. The van der Waals surface area contributed by atoms with E-state index in [1.165, 1.54) is 37.7 Å². The highest BCUT2D eigenvalue weighted by Gasteiger charge is 2.59. The minimum Gasteiger partial charge on any atom is -0.119 e. The summed E-state index contributed by atoms with van der Waals surface area (Å²) in [5.41, 5.74) is 1.54. The molecule has 0 spiro atoms. The molecule has 4 fully saturated rings. The predicted octanol–water partition coefficient (Wildman–Crippen LogP) is 5.54. The van der Waals surface area contributed by atoms with Gasteiger partial charge in [-0.25, -0.2) is 0 Å². The Balaban J connectivity index is 1.70. The highest BCUT2D eigenvalue weighted by molar-refractivity contribution is 6.24. The summed E-state index contributed by atoms with van der Waals surface area (Å²) < 4.78 is 0. The van der Waals surface area contributed by atoms with Gasteiger partial charge in [-0.3, -0.25) is 0 Å². The number of alkyl halides is 2. The molecule has 4 aliphatic carbocycles. The number of halogens is 2. The second-order valence-electron chi connectivity index (χ2n) is 7.25. The summed E-state index contributed by atoms with van der Waals surface area (Å²) >= 11 is 13.8. The highest BCUT2D eigenvalue weighted by atomic mass is 35.5. The van der Waals surface area contributed by atoms with Crippen LogP contribution >= 0.6 is 23.2 Å². The molecule has 5 atom stereocenters. The largest absolute Gasteiger partial charge is 0.119 e. The van der Waals surface area contributed by atoms with E-state index in [9.17, 15) is 0 Å². The first-order valence-corrected chi connectivity index (χ1v) is 8.28. The summed E-state index contributed by atoms with van der Waals surface area (Å²) in [6, 6.07) is 10.6. The molecule has 0 saturated heterocycles. The number of benzene rings is 1. The van der Waals surface area contributed by atoms with E-state index in [1.54, 1.807) is 0 Å². The molecule has 102 valence electrons. The molecule has 1 aromatic carbocycles. The van der Waals surface area contributed by atoms with Crippen LogP contribution in [0.25, 0.3) is 0 Å². The molecule has 0 radical (unpaired) electrons. The van der Waals surface area contributed by atoms with E-state index < -0.39 is 0 Å². The average molecular weight is 295 g/mol. The van der Waals surface area contributed by atoms with Crippen LogP contribution < -0.4 is 0 Å². The topological polar surface area (TPSA) is 0 Å². The van der Waals surface area contributed by atoms with Crippen LogP contribution in [0.3, 0.4) is 0 Å². The Morgan fingerprint density at radius 1 is 1.00 bits per heavy atom. The molecule has 0 nitrogen and oxygen atoms in total. The lowest BCUT2D eigenvalue weighted by Gasteiger charge is -2.61. The van der Waals surface area contributed by atoms with E-state index in [2.05, 4.69) is 30.3 Å². The molecule has 19 heavy (non-hydrogen) atoms. The average Bonchev–Trinajstić information content (AvgIpc) is 2.36. The third kappa shape index (κ3) is 1.94. The second kappa shape index (κ2) is 4.15. The zero-order valence-electron chi connectivity index (χ0n) is 11.1. The Morgan fingerprint density at radius 3 is 2.21 bits per heavy atom. The summed E-state index contributed by atoms with van der Waals surface area (Å²) in [6.45, 7) is 0. The molecule has 0 amide bonds. The monoisotopic (exact) mass is 294 g/mol. The first-order valence-electron chi connectivity index (χ1n) is 7.47. The van der Waals surface area contributed by atoms with Gasteiger partial charge in [0.05, 0.1) is 5.38 Å². The van der Waals surface area contributed by atoms with Crippen LogP contribution in [0.15, 0.2) is 30.3 Å². The lowest BCUT2D eigenvalue weighted by molar-refractivity contribution is -0.0428. The maximum atomic E-state index is 6.93. The van der Waals surface area contributed by atoms with Crippen molar-refractivity contribution in [3.63, 3.8) is 0 Å². The minimum absolute atomic E-state index is 0.0615. The zero-order chi connectivity index (χ0) is 13.1. The molecule has 0 aromatic heterocycles. The smallest absolute Gasteiger partial charge is 0.0642 e. The van der Waals surface area contributed by atoms with Crippen molar-refractivity contribution in [2.75, 3.05) is 0 Å². The van der Waals surface area contributed by atoms with Crippen LogP contribution in [0, 0.1) is 17.3 Å². The van der Waals surface area contributed by atoms with Gasteiger partial charge < -0.3 is 0 Å². The first-order chi connectivity index (χ1) is 9.09. The van der Waals surface area contributed by atoms with Crippen LogP contribution in [-0.2, 0) is 0 Å². The van der Waals surface area contributed by atoms with Gasteiger partial charge in [-0.05, 0) is 61.3 Å². The third-order valence-electron chi connectivity index (χ3n) is 5.66. The van der Waals surface area contributed by atoms with Gasteiger partial charge in [-0.2, -0.15) is 0 Å². The van der Waals surface area contributed by atoms with Crippen molar-refractivity contribution in [1.29, 1.82) is 0 Å². The summed E-state index contributed by atoms with van der Waals surface area (Å²) in [4.78, 5) is 0.0615. The Morgan fingerprint density at radius 2 is 1.63 bits per heavy atom. The quantitative estimate of drug-likeness (QED) is 0.628. The molecule has 0 heterocycles. The van der Waals surface area contributed by atoms with Crippen LogP contribution in [0.1, 0.15) is 49.5 Å². The molecule has 3 unspecified atom stereocenters. The van der Waals surface area contributed by atoms with Gasteiger partial charge in [-0.15, -0.1) is 23.2 Å². The van der Waals surface area contributed by atoms with Crippen molar-refractivity contribution in [2.45, 2.75) is 48.8 Å². The Bertz CT molecular complexity index is 467. The molecule has 1 aromatic rings. The Kier molecular flexibility index (Phi) is 2.74. The minimum atomic E-state index is 0.0615. The van der Waals surface area contributed by atoms with Crippen LogP contribution in [0.4, 0.5) is 0 Å². The molecule has 4 aliphatic rings. The lowest BCUT2D eigenvalue weighted by atomic mass is 9.48. The fraction of sp³-hybridized carbons (Fsp3) is 0.647. The molecule has 5 rings (SSSR count). The van der Waals surface area contributed by atoms with Crippen molar-refractivity contribution < 1.29 is 0 Å². The fourth-order valence-electron chi connectivity index (χ4n) is 5.49. The van der Waals surface area contributed by atoms with Crippen LogP contribution in [0.2, 0.25) is 0 Å². The van der Waals surface area contributed by atoms with Crippen molar-refractivity contribution in [3.05, 3.63) is 35.9 Å². The molecule has 0 aliphatic heterocycles. The fourth-order valence-corrected chi connectivity index (χ4v) is 6.60. The van der Waals surface area contributed by atoms with Gasteiger partial charge in [0.15, 0.2) is 0 Å². The van der Waals surface area contributed by atoms with Crippen molar-refractivity contribution >= 4 is 23.2 Å². The van der Waals surface area contributed by atoms with Gasteiger partial charge >= 0.3 is 0 Å². The van der Waals surface area contributed by atoms with E-state index in [1.807, 2.05) is 0 Å². The summed E-state index contributed by atoms with van der Waals surface area (Å²) in [7, 11) is 0. The lowest BCUT2D eigenvalue weighted by Crippen LogP contribution is -2.54. The zero-order valence-corrected chi connectivity index (χ0v) is 12.6. The van der Waals surface area contributed by atoms with Gasteiger partial charge in [-0.1, -0.05) is 30.3 Å². The molecular weight excluding hydrogens is 275 g/mol. The maximum absolute atomic E-state index is 6.93. The van der Waals surface area contributed by atoms with Gasteiger partial charge in [0.1, 0.15) is 0 Å². The molecule has 0 N–H and O–H groups in total. The van der Waals surface area contributed by atoms with Crippen molar-refractivity contribution in [2.24, 2.45) is 17.3 Å². The molecule has 4 saturated carbocycles. The SMILES string of the molecule is ClC(c1ccccc1)C12C[C@@H]3C[C@@H](CC(Cl)(C3)C1)C2. The summed E-state index contributed by atoms with van der Waals surface area (Å²) in [5.74, 6) is 1.65. The van der Waals surface area contributed by atoms with Crippen LogP contribution in [-0.4, -0.2) is 4.87 Å². The Labute approximate surface area is 125 Å². The van der Waals surface area contributed by atoms with E-state index in [0.717, 1.165) is 18.3 Å². The van der Waals surface area contributed by atoms with E-state index in [-0.39, 0.29) is 15.7 Å². The van der Waals surface area contributed by atoms with E-state index in [4.69, 9.17) is 23.2 Å². The highest BCUT2D eigenvalue weighted by Crippen LogP contribution is 2.68. The van der Waals surface area contributed by atoms with Gasteiger partial charge in [0.25, 0.3) is 0 Å². The number of rotatable bonds is 2. The second-order valence-corrected chi connectivity index (χ2v) is 8.49. The third-order valence-corrected chi connectivity index (χ3v) is 6.82. The normalized spacial score (nSPS) is 45.4. The van der Waals surface area contributed by atoms with Gasteiger partial charge in [0, 0.05) is 4.87 Å². The maximum Gasteiger partial charge on any atom is 0.0642 e. The number of hydrogen-bond acceptors (Lipinski definition) is 0. The van der Waals surface area contributed by atoms with Gasteiger partial charge in [0.2, 0.25) is 0 Å². The number of hydrogen-bond donors (Lipinski definition) is 0. The van der Waals surface area contributed by atoms with Crippen molar-refractivity contribution in [1.82, 2.24) is 0 Å². The predicted molar refractivity (Wildman–Crippen MR) is 80.7 cm³/mol. The van der Waals surface area contributed by atoms with Crippen molar-refractivity contribution in [3.8, 4) is 0 Å². The molecular formula is C17H20Cl2. The first kappa shape index (κ1) is 12.5. The van der Waals surface area contributed by atoms with E-state index >= 15 is 0 Å². The standard InChI is InChI=1S/C17H20Cl2/c18-15(14-4-2-1-3-5-14)16-7-12-6-13(8-16)10-17(19,9-12)11-16/h1-5,12-13,15H,6-11H2/t12-,13+,15?,16?,17?. The molecule has 2 heteroatoms. The summed E-state index contributed by atoms with van der Waals surface area (Å²) in [6.07, 6.45) is 7.56.